The topological polar surface area (TPSA) is 71.8 Å². The zero-order valence-corrected chi connectivity index (χ0v) is 19.5. The Kier molecular flexibility index (Phi) is 6.09. The maximum absolute atomic E-state index is 12.7. The average Bonchev–Trinajstić information content (AvgIpc) is 3.56. The van der Waals surface area contributed by atoms with E-state index in [0.717, 1.165) is 52.9 Å². The van der Waals surface area contributed by atoms with E-state index in [9.17, 15) is 4.79 Å². The lowest BCUT2D eigenvalue weighted by atomic mass is 9.97. The van der Waals surface area contributed by atoms with E-state index in [-0.39, 0.29) is 11.8 Å². The molecule has 7 nitrogen and oxygen atoms in total. The second kappa shape index (κ2) is 9.30. The van der Waals surface area contributed by atoms with Gasteiger partial charge in [-0.05, 0) is 55.0 Å². The number of anilines is 1. The van der Waals surface area contributed by atoms with Crippen LogP contribution in [-0.4, -0.2) is 47.2 Å². The quantitative estimate of drug-likeness (QED) is 0.443. The second-order valence-corrected chi connectivity index (χ2v) is 9.84. The number of imidazole rings is 1. The molecule has 0 saturated carbocycles. The van der Waals surface area contributed by atoms with E-state index in [1.807, 2.05) is 41.0 Å². The standard InChI is InChI=1S/C23H25N5O2S2/c1-30-18-8-6-16(7-9-18)20-15-28-22(25-20)32-23(26-28)27-12-2-4-17(14-27)21(29)24-11-10-19-5-3-13-31-19/h3,5-9,13,15,17H,2,4,10-12,14H2,1H3,(H,24,29)/t17-/m1/s1. The number of rotatable bonds is 7. The predicted molar refractivity (Wildman–Crippen MR) is 129 cm³/mol. The summed E-state index contributed by atoms with van der Waals surface area (Å²) >= 11 is 3.30. The molecule has 1 aliphatic rings. The van der Waals surface area contributed by atoms with Gasteiger partial charge in [-0.2, -0.15) is 0 Å². The first kappa shape index (κ1) is 21.0. The van der Waals surface area contributed by atoms with E-state index < -0.39 is 0 Å². The maximum atomic E-state index is 12.7. The summed E-state index contributed by atoms with van der Waals surface area (Å²) in [5.74, 6) is 0.970. The fraction of sp³-hybridized carbons (Fsp3) is 0.348. The number of carbonyl (C=O) groups excluding carboxylic acids is 1. The van der Waals surface area contributed by atoms with E-state index in [2.05, 4.69) is 21.7 Å². The zero-order valence-electron chi connectivity index (χ0n) is 17.9. The molecule has 0 aliphatic carbocycles. The molecule has 3 aromatic heterocycles. The van der Waals surface area contributed by atoms with Crippen molar-refractivity contribution in [3.63, 3.8) is 0 Å². The molecule has 0 bridgehead atoms. The van der Waals surface area contributed by atoms with Crippen LogP contribution in [0, 0.1) is 5.92 Å². The average molecular weight is 468 g/mol. The highest BCUT2D eigenvalue weighted by molar-refractivity contribution is 7.20. The van der Waals surface area contributed by atoms with Crippen molar-refractivity contribution in [3.8, 4) is 17.0 Å². The van der Waals surface area contributed by atoms with Crippen LogP contribution in [0.15, 0.2) is 48.0 Å². The first-order chi connectivity index (χ1) is 15.7. The summed E-state index contributed by atoms with van der Waals surface area (Å²) in [6, 6.07) is 12.0. The minimum Gasteiger partial charge on any atom is -0.497 e. The van der Waals surface area contributed by atoms with Gasteiger partial charge in [-0.3, -0.25) is 4.79 Å². The Bertz CT molecular complexity index is 1150. The minimum atomic E-state index is -0.00170. The number of nitrogens with one attached hydrogen (secondary N) is 1. The van der Waals surface area contributed by atoms with Crippen molar-refractivity contribution in [1.29, 1.82) is 0 Å². The highest BCUT2D eigenvalue weighted by Crippen LogP contribution is 2.30. The van der Waals surface area contributed by atoms with Crippen LogP contribution in [0.5, 0.6) is 5.75 Å². The van der Waals surface area contributed by atoms with Gasteiger partial charge in [0.15, 0.2) is 0 Å². The van der Waals surface area contributed by atoms with Crippen LogP contribution in [0.2, 0.25) is 0 Å². The number of aromatic nitrogens is 3. The summed E-state index contributed by atoms with van der Waals surface area (Å²) in [6.45, 7) is 2.31. The lowest BCUT2D eigenvalue weighted by molar-refractivity contribution is -0.125. The number of piperidine rings is 1. The van der Waals surface area contributed by atoms with E-state index >= 15 is 0 Å². The first-order valence-electron chi connectivity index (χ1n) is 10.8. The molecule has 1 N–H and O–H groups in total. The SMILES string of the molecule is COc1ccc(-c2cn3nc(N4CCC[C@@H](C(=O)NCCc5cccs5)C4)sc3n2)cc1. The Labute approximate surface area is 194 Å². The van der Waals surface area contributed by atoms with Crippen LogP contribution in [0.4, 0.5) is 5.13 Å². The number of carbonyl (C=O) groups is 1. The third-order valence-corrected chi connectivity index (χ3v) is 7.65. The van der Waals surface area contributed by atoms with E-state index in [1.54, 1.807) is 29.8 Å². The lowest BCUT2D eigenvalue weighted by Gasteiger charge is -2.31. The highest BCUT2D eigenvalue weighted by atomic mass is 32.1. The number of methoxy groups -OCH3 is 1. The van der Waals surface area contributed by atoms with Crippen molar-refractivity contribution in [1.82, 2.24) is 19.9 Å². The fourth-order valence-electron chi connectivity index (χ4n) is 3.99. The molecule has 0 unspecified atom stereocenters. The van der Waals surface area contributed by atoms with Gasteiger partial charge in [-0.25, -0.2) is 9.50 Å². The van der Waals surface area contributed by atoms with Crippen LogP contribution in [0.1, 0.15) is 17.7 Å². The second-order valence-electron chi connectivity index (χ2n) is 7.87. The molecular weight excluding hydrogens is 442 g/mol. The van der Waals surface area contributed by atoms with Crippen LogP contribution in [0.25, 0.3) is 16.2 Å². The molecule has 1 aliphatic heterocycles. The van der Waals surface area contributed by atoms with E-state index in [0.29, 0.717) is 13.1 Å². The van der Waals surface area contributed by atoms with E-state index in [4.69, 9.17) is 14.8 Å². The molecule has 0 radical (unpaired) electrons. The van der Waals surface area contributed by atoms with Crippen molar-refractivity contribution in [2.45, 2.75) is 19.3 Å². The van der Waals surface area contributed by atoms with Crippen LogP contribution >= 0.6 is 22.7 Å². The number of ether oxygens (including phenoxy) is 1. The van der Waals surface area contributed by atoms with Gasteiger partial charge in [0.2, 0.25) is 16.0 Å². The molecule has 4 aromatic rings. The summed E-state index contributed by atoms with van der Waals surface area (Å²) in [7, 11) is 1.66. The normalized spacial score (nSPS) is 16.4. The molecule has 1 fully saturated rings. The third-order valence-electron chi connectivity index (χ3n) is 5.73. The predicted octanol–water partition coefficient (Wildman–Crippen LogP) is 4.10. The number of hydrogen-bond acceptors (Lipinski definition) is 7. The number of amides is 1. The highest BCUT2D eigenvalue weighted by Gasteiger charge is 2.27. The monoisotopic (exact) mass is 467 g/mol. The Morgan fingerprint density at radius 3 is 2.91 bits per heavy atom. The largest absolute Gasteiger partial charge is 0.497 e. The van der Waals surface area contributed by atoms with Crippen molar-refractivity contribution >= 4 is 38.7 Å². The molecule has 1 aromatic carbocycles. The van der Waals surface area contributed by atoms with E-state index in [1.165, 1.54) is 4.88 Å². The number of nitrogens with zero attached hydrogens (tertiary/aromatic N) is 4. The van der Waals surface area contributed by atoms with Gasteiger partial charge in [0.25, 0.3) is 0 Å². The molecule has 1 atom stereocenters. The lowest BCUT2D eigenvalue weighted by Crippen LogP contribution is -2.43. The Hall–Kier alpha value is -2.91. The zero-order chi connectivity index (χ0) is 21.9. The van der Waals surface area contributed by atoms with Crippen molar-refractivity contribution in [2.75, 3.05) is 31.6 Å². The molecule has 5 rings (SSSR count). The Morgan fingerprint density at radius 2 is 2.16 bits per heavy atom. The molecule has 166 valence electrons. The van der Waals surface area contributed by atoms with Gasteiger partial charge in [0.05, 0.1) is 24.9 Å². The number of thiophene rings is 1. The summed E-state index contributed by atoms with van der Waals surface area (Å²) in [4.78, 5) is 21.8. The summed E-state index contributed by atoms with van der Waals surface area (Å²) in [5.41, 5.74) is 1.92. The van der Waals surface area contributed by atoms with Gasteiger partial charge >= 0.3 is 0 Å². The summed E-state index contributed by atoms with van der Waals surface area (Å²) in [5, 5.41) is 10.9. The number of fused-ring (bicyclic) bond motifs is 1. The Morgan fingerprint density at radius 1 is 1.28 bits per heavy atom. The number of benzene rings is 1. The van der Waals surface area contributed by atoms with Gasteiger partial charge in [0, 0.05) is 30.1 Å². The molecule has 1 saturated heterocycles. The van der Waals surface area contributed by atoms with Crippen molar-refractivity contribution in [2.24, 2.45) is 5.92 Å². The van der Waals surface area contributed by atoms with Gasteiger partial charge in [-0.15, -0.1) is 16.4 Å². The summed E-state index contributed by atoms with van der Waals surface area (Å²) in [6.07, 6.45) is 4.75. The molecule has 0 spiro atoms. The molecule has 9 heteroatoms. The smallest absolute Gasteiger partial charge is 0.224 e. The van der Waals surface area contributed by atoms with Gasteiger partial charge < -0.3 is 15.0 Å². The molecule has 32 heavy (non-hydrogen) atoms. The molecular formula is C23H25N5O2S2. The molecule has 4 heterocycles. The van der Waals surface area contributed by atoms with Crippen molar-refractivity contribution in [3.05, 3.63) is 52.9 Å². The Balaban J connectivity index is 1.22. The van der Waals surface area contributed by atoms with Crippen LogP contribution in [-0.2, 0) is 11.2 Å². The van der Waals surface area contributed by atoms with Crippen LogP contribution < -0.4 is 15.0 Å². The number of hydrogen-bond donors (Lipinski definition) is 1. The summed E-state index contributed by atoms with van der Waals surface area (Å²) < 4.78 is 7.06. The maximum Gasteiger partial charge on any atom is 0.224 e. The molecule has 1 amide bonds. The minimum absolute atomic E-state index is 0.00170. The van der Waals surface area contributed by atoms with Crippen LogP contribution in [0.3, 0.4) is 0 Å². The van der Waals surface area contributed by atoms with Gasteiger partial charge in [-0.1, -0.05) is 17.4 Å². The van der Waals surface area contributed by atoms with Crippen molar-refractivity contribution < 1.29 is 9.53 Å². The fourth-order valence-corrected chi connectivity index (χ4v) is 5.62. The first-order valence-corrected chi connectivity index (χ1v) is 12.4. The third kappa shape index (κ3) is 4.49. The van der Waals surface area contributed by atoms with Gasteiger partial charge in [0.1, 0.15) is 5.75 Å².